The van der Waals surface area contributed by atoms with Crippen LogP contribution in [0.5, 0.6) is 5.75 Å². The van der Waals surface area contributed by atoms with Crippen LogP contribution in [-0.4, -0.2) is 23.4 Å². The van der Waals surface area contributed by atoms with Crippen LogP contribution in [0.2, 0.25) is 0 Å². The third-order valence-electron chi connectivity index (χ3n) is 2.84. The standard InChI is InChI=1S/C15H12N2O6/c18-14(16-13-4-2-1-3-12(13)15(19)20)9-23-11-7-5-10(6-8-11)17(21)22/h1-8H,9H2,(H,16,18)(H,19,20)/p-1. The number of hydrogen-bond acceptors (Lipinski definition) is 6. The van der Waals surface area contributed by atoms with Gasteiger partial charge in [0.15, 0.2) is 6.61 Å². The van der Waals surface area contributed by atoms with Gasteiger partial charge in [-0.2, -0.15) is 0 Å². The zero-order chi connectivity index (χ0) is 16.8. The lowest BCUT2D eigenvalue weighted by Crippen LogP contribution is -2.26. The molecule has 0 spiro atoms. The van der Waals surface area contributed by atoms with E-state index in [1.807, 2.05) is 0 Å². The number of rotatable bonds is 6. The Morgan fingerprint density at radius 3 is 2.35 bits per heavy atom. The van der Waals surface area contributed by atoms with E-state index in [0.717, 1.165) is 0 Å². The Labute approximate surface area is 130 Å². The van der Waals surface area contributed by atoms with E-state index in [1.54, 1.807) is 6.07 Å². The molecule has 0 radical (unpaired) electrons. The van der Waals surface area contributed by atoms with Gasteiger partial charge < -0.3 is 20.0 Å². The molecule has 0 unspecified atom stereocenters. The number of non-ortho nitro benzene ring substituents is 1. The fraction of sp³-hybridized carbons (Fsp3) is 0.0667. The Bertz CT molecular complexity index is 742. The van der Waals surface area contributed by atoms with Crippen LogP contribution in [0.3, 0.4) is 0 Å². The summed E-state index contributed by atoms with van der Waals surface area (Å²) < 4.78 is 5.18. The number of nitro benzene ring substituents is 1. The lowest BCUT2D eigenvalue weighted by Gasteiger charge is -2.12. The summed E-state index contributed by atoms with van der Waals surface area (Å²) in [7, 11) is 0. The maximum absolute atomic E-state index is 11.8. The van der Waals surface area contributed by atoms with E-state index in [9.17, 15) is 24.8 Å². The van der Waals surface area contributed by atoms with E-state index in [2.05, 4.69) is 5.32 Å². The molecule has 2 rings (SSSR count). The number of carbonyl (C=O) groups is 2. The highest BCUT2D eigenvalue weighted by molar-refractivity contribution is 6.00. The average molecular weight is 315 g/mol. The predicted octanol–water partition coefficient (Wildman–Crippen LogP) is 0.976. The number of nitro groups is 1. The van der Waals surface area contributed by atoms with Gasteiger partial charge in [-0.25, -0.2) is 0 Å². The van der Waals surface area contributed by atoms with Crippen LogP contribution in [0.4, 0.5) is 11.4 Å². The second-order valence-corrected chi connectivity index (χ2v) is 4.42. The number of nitrogens with zero attached hydrogens (tertiary/aromatic N) is 1. The van der Waals surface area contributed by atoms with Crippen LogP contribution in [0.25, 0.3) is 0 Å². The first kappa shape index (κ1) is 16.0. The topological polar surface area (TPSA) is 122 Å². The zero-order valence-corrected chi connectivity index (χ0v) is 11.7. The molecule has 0 aliphatic rings. The minimum atomic E-state index is -1.41. The van der Waals surface area contributed by atoms with Crippen molar-refractivity contribution in [2.45, 2.75) is 0 Å². The van der Waals surface area contributed by atoms with E-state index in [4.69, 9.17) is 4.74 Å². The summed E-state index contributed by atoms with van der Waals surface area (Å²) in [5.74, 6) is -1.70. The van der Waals surface area contributed by atoms with Gasteiger partial charge in [-0.3, -0.25) is 14.9 Å². The summed E-state index contributed by atoms with van der Waals surface area (Å²) >= 11 is 0. The van der Waals surface area contributed by atoms with Gasteiger partial charge in [0.2, 0.25) is 0 Å². The first-order valence-electron chi connectivity index (χ1n) is 6.45. The van der Waals surface area contributed by atoms with Crippen LogP contribution >= 0.6 is 0 Å². The summed E-state index contributed by atoms with van der Waals surface area (Å²) in [6, 6.07) is 11.0. The summed E-state index contributed by atoms with van der Waals surface area (Å²) in [4.78, 5) is 32.7. The Morgan fingerprint density at radius 1 is 1.09 bits per heavy atom. The lowest BCUT2D eigenvalue weighted by molar-refractivity contribution is -0.384. The van der Waals surface area contributed by atoms with Gasteiger partial charge in [0.25, 0.3) is 11.6 Å². The van der Waals surface area contributed by atoms with Crippen LogP contribution < -0.4 is 15.2 Å². The molecule has 0 bridgehead atoms. The molecule has 0 aliphatic carbocycles. The molecule has 8 nitrogen and oxygen atoms in total. The third-order valence-corrected chi connectivity index (χ3v) is 2.84. The molecule has 23 heavy (non-hydrogen) atoms. The highest BCUT2D eigenvalue weighted by Gasteiger charge is 2.09. The van der Waals surface area contributed by atoms with Gasteiger partial charge in [0, 0.05) is 23.4 Å². The third kappa shape index (κ3) is 4.27. The monoisotopic (exact) mass is 315 g/mol. The van der Waals surface area contributed by atoms with Crippen molar-refractivity contribution < 1.29 is 24.4 Å². The largest absolute Gasteiger partial charge is 0.545 e. The fourth-order valence-electron chi connectivity index (χ4n) is 1.77. The SMILES string of the molecule is O=C(COc1ccc([N+](=O)[O-])cc1)Nc1ccccc1C(=O)[O-]. The summed E-state index contributed by atoms with van der Waals surface area (Å²) in [6.07, 6.45) is 0. The summed E-state index contributed by atoms with van der Waals surface area (Å²) in [6.45, 7) is -0.376. The Morgan fingerprint density at radius 2 is 1.74 bits per heavy atom. The number of carbonyl (C=O) groups excluding carboxylic acids is 2. The van der Waals surface area contributed by atoms with Crippen molar-refractivity contribution in [2.75, 3.05) is 11.9 Å². The lowest BCUT2D eigenvalue weighted by atomic mass is 10.2. The number of carboxylic acid groups (broad SMARTS) is 1. The van der Waals surface area contributed by atoms with Gasteiger partial charge in [-0.1, -0.05) is 18.2 Å². The van der Waals surface area contributed by atoms with Crippen LogP contribution in [0.1, 0.15) is 10.4 Å². The molecule has 0 heterocycles. The van der Waals surface area contributed by atoms with Crippen molar-refractivity contribution in [2.24, 2.45) is 0 Å². The number of anilines is 1. The smallest absolute Gasteiger partial charge is 0.269 e. The number of benzene rings is 2. The van der Waals surface area contributed by atoms with Crippen molar-refractivity contribution in [1.29, 1.82) is 0 Å². The summed E-state index contributed by atoms with van der Waals surface area (Å²) in [5, 5.41) is 23.8. The maximum Gasteiger partial charge on any atom is 0.269 e. The number of hydrogen-bond donors (Lipinski definition) is 1. The molecule has 2 aromatic rings. The molecule has 0 fully saturated rings. The number of aromatic carboxylic acids is 1. The Kier molecular flexibility index (Phi) is 4.88. The van der Waals surface area contributed by atoms with Crippen LogP contribution in [-0.2, 0) is 4.79 Å². The first-order chi connectivity index (χ1) is 11.0. The van der Waals surface area contributed by atoms with Gasteiger partial charge in [-0.15, -0.1) is 0 Å². The normalized spacial score (nSPS) is 9.91. The highest BCUT2D eigenvalue weighted by Crippen LogP contribution is 2.18. The molecular weight excluding hydrogens is 304 g/mol. The van der Waals surface area contributed by atoms with Crippen molar-refractivity contribution in [3.8, 4) is 5.75 Å². The number of nitrogens with one attached hydrogen (secondary N) is 1. The zero-order valence-electron chi connectivity index (χ0n) is 11.7. The predicted molar refractivity (Wildman–Crippen MR) is 78.0 cm³/mol. The molecule has 1 amide bonds. The van der Waals surface area contributed by atoms with Gasteiger partial charge in [0.1, 0.15) is 5.75 Å². The molecule has 2 aromatic carbocycles. The van der Waals surface area contributed by atoms with Crippen molar-refractivity contribution >= 4 is 23.3 Å². The molecule has 0 atom stereocenters. The quantitative estimate of drug-likeness (QED) is 0.626. The van der Waals surface area contributed by atoms with E-state index >= 15 is 0 Å². The number of para-hydroxylation sites is 1. The van der Waals surface area contributed by atoms with Gasteiger partial charge in [0.05, 0.1) is 10.9 Å². The molecular formula is C15H11N2O6-. The molecule has 8 heteroatoms. The molecule has 0 saturated carbocycles. The summed E-state index contributed by atoms with van der Waals surface area (Å²) in [5.41, 5.74) is -0.134. The number of carboxylic acids is 1. The number of amides is 1. The first-order valence-corrected chi connectivity index (χ1v) is 6.45. The van der Waals surface area contributed by atoms with Crippen molar-refractivity contribution in [3.05, 3.63) is 64.2 Å². The van der Waals surface area contributed by atoms with E-state index in [-0.39, 0.29) is 29.3 Å². The Balaban J connectivity index is 1.95. The van der Waals surface area contributed by atoms with E-state index in [1.165, 1.54) is 42.5 Å². The number of ether oxygens (including phenoxy) is 1. The maximum atomic E-state index is 11.8. The van der Waals surface area contributed by atoms with Crippen molar-refractivity contribution in [1.82, 2.24) is 0 Å². The van der Waals surface area contributed by atoms with Gasteiger partial charge in [-0.05, 0) is 18.2 Å². The average Bonchev–Trinajstić information content (AvgIpc) is 2.53. The molecule has 118 valence electrons. The van der Waals surface area contributed by atoms with E-state index in [0.29, 0.717) is 0 Å². The second kappa shape index (κ2) is 7.03. The van der Waals surface area contributed by atoms with Crippen molar-refractivity contribution in [3.63, 3.8) is 0 Å². The van der Waals surface area contributed by atoms with Crippen LogP contribution in [0.15, 0.2) is 48.5 Å². The molecule has 0 saturated heterocycles. The van der Waals surface area contributed by atoms with Crippen LogP contribution in [0, 0.1) is 10.1 Å². The molecule has 1 N–H and O–H groups in total. The second-order valence-electron chi connectivity index (χ2n) is 4.42. The fourth-order valence-corrected chi connectivity index (χ4v) is 1.77. The molecule has 0 aromatic heterocycles. The van der Waals surface area contributed by atoms with E-state index < -0.39 is 16.8 Å². The molecule has 0 aliphatic heterocycles. The minimum absolute atomic E-state index is 0.0929. The minimum Gasteiger partial charge on any atom is -0.545 e. The highest BCUT2D eigenvalue weighted by atomic mass is 16.6. The van der Waals surface area contributed by atoms with Gasteiger partial charge >= 0.3 is 0 Å². The Hall–Kier alpha value is -3.42.